The number of nitrogens with two attached hydrogens (primary N) is 1. The van der Waals surface area contributed by atoms with Gasteiger partial charge in [0, 0.05) is 23.9 Å². The molecule has 1 unspecified atom stereocenters. The summed E-state index contributed by atoms with van der Waals surface area (Å²) in [6.45, 7) is 2.03. The number of hydrogen-bond donors (Lipinski definition) is 2. The number of halogens is 1. The molecule has 1 aromatic carbocycles. The van der Waals surface area contributed by atoms with Gasteiger partial charge in [0.1, 0.15) is 0 Å². The molecular weight excluding hydrogens is 212 g/mol. The van der Waals surface area contributed by atoms with Gasteiger partial charge in [-0.05, 0) is 30.7 Å². The maximum atomic E-state index is 5.82. The molecule has 1 aromatic rings. The van der Waals surface area contributed by atoms with E-state index < -0.39 is 0 Å². The maximum absolute atomic E-state index is 5.82. The number of ether oxygens (including phenoxy) is 1. The molecule has 3 N–H and O–H groups in total. The van der Waals surface area contributed by atoms with Gasteiger partial charge in [-0.2, -0.15) is 0 Å². The smallest absolute Gasteiger partial charge is 0.0750 e. The minimum atomic E-state index is -0.103. The Labute approximate surface area is 94.6 Å². The van der Waals surface area contributed by atoms with Gasteiger partial charge in [-0.25, -0.2) is 0 Å². The first kappa shape index (κ1) is 10.7. The number of rotatable bonds is 3. The van der Waals surface area contributed by atoms with Crippen molar-refractivity contribution in [2.24, 2.45) is 5.73 Å². The fourth-order valence-corrected chi connectivity index (χ4v) is 1.88. The van der Waals surface area contributed by atoms with Crippen LogP contribution in [0.2, 0.25) is 5.02 Å². The molecule has 0 aromatic heterocycles. The zero-order chi connectivity index (χ0) is 10.7. The highest BCUT2D eigenvalue weighted by atomic mass is 35.5. The highest BCUT2D eigenvalue weighted by Gasteiger charge is 2.33. The highest BCUT2D eigenvalue weighted by Crippen LogP contribution is 2.24. The Kier molecular flexibility index (Phi) is 3.14. The van der Waals surface area contributed by atoms with Gasteiger partial charge in [0.2, 0.25) is 0 Å². The van der Waals surface area contributed by atoms with Gasteiger partial charge in [-0.1, -0.05) is 11.6 Å². The molecule has 0 amide bonds. The molecule has 0 spiro atoms. The molecule has 1 aliphatic heterocycles. The van der Waals surface area contributed by atoms with Crippen LogP contribution in [0.3, 0.4) is 0 Å². The molecule has 15 heavy (non-hydrogen) atoms. The third kappa shape index (κ3) is 2.43. The van der Waals surface area contributed by atoms with Crippen LogP contribution >= 0.6 is 11.6 Å². The Balaban J connectivity index is 2.09. The highest BCUT2D eigenvalue weighted by molar-refractivity contribution is 6.30. The van der Waals surface area contributed by atoms with E-state index in [-0.39, 0.29) is 5.54 Å². The number of benzene rings is 1. The molecule has 1 atom stereocenters. The van der Waals surface area contributed by atoms with Crippen molar-refractivity contribution < 1.29 is 4.74 Å². The largest absolute Gasteiger partial charge is 0.379 e. The van der Waals surface area contributed by atoms with Crippen LogP contribution in [-0.2, 0) is 4.74 Å². The van der Waals surface area contributed by atoms with Gasteiger partial charge < -0.3 is 15.8 Å². The summed E-state index contributed by atoms with van der Waals surface area (Å²) in [4.78, 5) is 0. The summed E-state index contributed by atoms with van der Waals surface area (Å²) in [5.41, 5.74) is 6.71. The van der Waals surface area contributed by atoms with Crippen molar-refractivity contribution in [2.75, 3.05) is 25.1 Å². The predicted molar refractivity (Wildman–Crippen MR) is 62.3 cm³/mol. The Bertz CT molecular complexity index is 320. The third-order valence-electron chi connectivity index (χ3n) is 2.75. The zero-order valence-electron chi connectivity index (χ0n) is 8.50. The third-order valence-corrected chi connectivity index (χ3v) is 3.00. The lowest BCUT2D eigenvalue weighted by Crippen LogP contribution is -2.46. The molecule has 0 aliphatic carbocycles. The lowest BCUT2D eigenvalue weighted by molar-refractivity contribution is 0.183. The Morgan fingerprint density at radius 3 is 2.67 bits per heavy atom. The average molecular weight is 227 g/mol. The quantitative estimate of drug-likeness (QED) is 0.827. The van der Waals surface area contributed by atoms with Crippen molar-refractivity contribution in [3.63, 3.8) is 0 Å². The predicted octanol–water partition coefficient (Wildman–Crippen LogP) is 1.87. The van der Waals surface area contributed by atoms with Gasteiger partial charge in [-0.3, -0.25) is 0 Å². The van der Waals surface area contributed by atoms with Crippen LogP contribution in [0.4, 0.5) is 5.69 Å². The summed E-state index contributed by atoms with van der Waals surface area (Å²) in [5.74, 6) is 0. The summed E-state index contributed by atoms with van der Waals surface area (Å²) < 4.78 is 5.38. The number of hydrogen-bond acceptors (Lipinski definition) is 3. The van der Waals surface area contributed by atoms with Gasteiger partial charge in [0.15, 0.2) is 0 Å². The molecule has 1 saturated heterocycles. The lowest BCUT2D eigenvalue weighted by Gasteiger charge is -2.28. The summed E-state index contributed by atoms with van der Waals surface area (Å²) >= 11 is 5.82. The molecular formula is C11H15ClN2O. The topological polar surface area (TPSA) is 47.3 Å². The van der Waals surface area contributed by atoms with Crippen molar-refractivity contribution in [1.82, 2.24) is 0 Å². The van der Waals surface area contributed by atoms with Crippen LogP contribution in [0.5, 0.6) is 0 Å². The summed E-state index contributed by atoms with van der Waals surface area (Å²) in [6, 6.07) is 7.64. The minimum Gasteiger partial charge on any atom is -0.379 e. The average Bonchev–Trinajstić information content (AvgIpc) is 2.71. The number of anilines is 1. The van der Waals surface area contributed by atoms with Gasteiger partial charge in [0.25, 0.3) is 0 Å². The van der Waals surface area contributed by atoms with Crippen LogP contribution in [0.1, 0.15) is 6.42 Å². The second-order valence-electron chi connectivity index (χ2n) is 3.92. The van der Waals surface area contributed by atoms with E-state index in [2.05, 4.69) is 5.32 Å². The zero-order valence-corrected chi connectivity index (χ0v) is 9.26. The Hall–Kier alpha value is -0.770. The first-order valence-corrected chi connectivity index (χ1v) is 5.43. The van der Waals surface area contributed by atoms with Crippen molar-refractivity contribution in [3.05, 3.63) is 29.3 Å². The van der Waals surface area contributed by atoms with Crippen LogP contribution in [0.25, 0.3) is 0 Å². The van der Waals surface area contributed by atoms with Gasteiger partial charge in [-0.15, -0.1) is 0 Å². The molecule has 4 heteroatoms. The molecule has 82 valence electrons. The van der Waals surface area contributed by atoms with Gasteiger partial charge >= 0.3 is 0 Å². The molecule has 0 radical (unpaired) electrons. The molecule has 0 bridgehead atoms. The van der Waals surface area contributed by atoms with Crippen LogP contribution < -0.4 is 11.1 Å². The fraction of sp³-hybridized carbons (Fsp3) is 0.455. The molecule has 1 aliphatic rings. The van der Waals surface area contributed by atoms with E-state index in [9.17, 15) is 0 Å². The molecule has 3 nitrogen and oxygen atoms in total. The molecule has 1 fully saturated rings. The minimum absolute atomic E-state index is 0.103. The maximum Gasteiger partial charge on any atom is 0.0750 e. The monoisotopic (exact) mass is 226 g/mol. The molecule has 1 heterocycles. The van der Waals surface area contributed by atoms with Crippen molar-refractivity contribution >= 4 is 17.3 Å². The van der Waals surface area contributed by atoms with Crippen molar-refractivity contribution in [3.8, 4) is 0 Å². The summed E-state index contributed by atoms with van der Waals surface area (Å²) in [7, 11) is 0. The van der Waals surface area contributed by atoms with Crippen LogP contribution in [-0.4, -0.2) is 25.3 Å². The van der Waals surface area contributed by atoms with Crippen molar-refractivity contribution in [2.45, 2.75) is 12.0 Å². The van der Waals surface area contributed by atoms with E-state index in [1.165, 1.54) is 0 Å². The van der Waals surface area contributed by atoms with E-state index in [4.69, 9.17) is 22.1 Å². The van der Waals surface area contributed by atoms with Crippen LogP contribution in [0.15, 0.2) is 24.3 Å². The number of nitrogens with one attached hydrogen (secondary N) is 1. The summed E-state index contributed by atoms with van der Waals surface area (Å²) in [5, 5.41) is 4.16. The van der Waals surface area contributed by atoms with E-state index in [1.807, 2.05) is 24.3 Å². The lowest BCUT2D eigenvalue weighted by atomic mass is 9.98. The SMILES string of the molecule is NCC1(Nc2ccc(Cl)cc2)CCOC1. The summed E-state index contributed by atoms with van der Waals surface area (Å²) in [6.07, 6.45) is 0.951. The molecule has 0 saturated carbocycles. The normalized spacial score (nSPS) is 25.5. The van der Waals surface area contributed by atoms with Crippen molar-refractivity contribution in [1.29, 1.82) is 0 Å². The second kappa shape index (κ2) is 4.39. The first-order valence-electron chi connectivity index (χ1n) is 5.06. The van der Waals surface area contributed by atoms with E-state index >= 15 is 0 Å². The van der Waals surface area contributed by atoms with E-state index in [0.717, 1.165) is 23.7 Å². The second-order valence-corrected chi connectivity index (χ2v) is 4.36. The van der Waals surface area contributed by atoms with Gasteiger partial charge in [0.05, 0.1) is 12.1 Å². The van der Waals surface area contributed by atoms with Crippen LogP contribution in [0, 0.1) is 0 Å². The van der Waals surface area contributed by atoms with E-state index in [0.29, 0.717) is 13.2 Å². The first-order chi connectivity index (χ1) is 7.24. The van der Waals surface area contributed by atoms with E-state index in [1.54, 1.807) is 0 Å². The molecule has 2 rings (SSSR count). The Morgan fingerprint density at radius 2 is 2.13 bits per heavy atom. The Morgan fingerprint density at radius 1 is 1.40 bits per heavy atom. The standard InChI is InChI=1S/C11H15ClN2O/c12-9-1-3-10(4-2-9)14-11(7-13)5-6-15-8-11/h1-4,14H,5-8,13H2. The fourth-order valence-electron chi connectivity index (χ4n) is 1.76.